The molecule has 1 saturated carbocycles. The average molecular weight is 421 g/mol. The third-order valence-corrected chi connectivity index (χ3v) is 6.64. The van der Waals surface area contributed by atoms with Gasteiger partial charge in [0.1, 0.15) is 0 Å². The van der Waals surface area contributed by atoms with Crippen molar-refractivity contribution in [2.45, 2.75) is 89.0 Å². The van der Waals surface area contributed by atoms with Gasteiger partial charge < -0.3 is 5.32 Å². The first-order valence-corrected chi connectivity index (χ1v) is 10.7. The highest BCUT2D eigenvalue weighted by molar-refractivity contribution is 5.82. The zero-order valence-corrected chi connectivity index (χ0v) is 17.5. The van der Waals surface area contributed by atoms with E-state index in [4.69, 9.17) is 0 Å². The van der Waals surface area contributed by atoms with Crippen molar-refractivity contribution in [2.75, 3.05) is 13.7 Å². The van der Waals surface area contributed by atoms with Crippen LogP contribution in [0.15, 0.2) is 0 Å². The van der Waals surface area contributed by atoms with Crippen LogP contribution < -0.4 is 26.8 Å². The monoisotopic (exact) mass is 420 g/mol. The second-order valence-electron chi connectivity index (χ2n) is 9.09. The number of carbonyl (C=O) groups is 1. The van der Waals surface area contributed by atoms with Crippen LogP contribution in [0.4, 0.5) is 13.2 Å². The van der Waals surface area contributed by atoms with Crippen molar-refractivity contribution in [1.82, 2.24) is 31.7 Å². The van der Waals surface area contributed by atoms with Crippen molar-refractivity contribution < 1.29 is 18.0 Å². The Bertz CT molecular complexity index is 563. The molecule has 0 radical (unpaired) electrons. The molecule has 2 aliphatic heterocycles. The number of carbonyl (C=O) groups excluding carboxylic acids is 1. The minimum Gasteiger partial charge on any atom is -0.352 e. The van der Waals surface area contributed by atoms with E-state index in [1.807, 2.05) is 0 Å². The van der Waals surface area contributed by atoms with Gasteiger partial charge in [-0.25, -0.2) is 10.9 Å². The third-order valence-electron chi connectivity index (χ3n) is 6.64. The predicted molar refractivity (Wildman–Crippen MR) is 104 cm³/mol. The molecule has 1 amide bonds. The molecule has 3 rings (SSSR count). The fraction of sp³-hybridized carbons (Fsp3) is 0.947. The number of nitrogens with one attached hydrogen (secondary N) is 5. The largest absolute Gasteiger partial charge is 0.417 e. The molecular formula is C19H35F3N6O. The molecule has 5 N–H and O–H groups in total. The van der Waals surface area contributed by atoms with Gasteiger partial charge in [-0.15, -0.1) is 0 Å². The standard InChI is InChI=1S/C19H35F3N6O/c1-11(7-16-27-23-10-28(16)3)13-5-4-6-14(9-13)25-17(29)15-8-12(2)24-18(26-15)19(20,21)22/h11-16,18,23-24,26-27H,4-10H2,1-3H3,(H,25,29)/t11-,12?,13?,14?,15?,16?,18?/m1/s1. The summed E-state index contributed by atoms with van der Waals surface area (Å²) in [6.45, 7) is 4.76. The lowest BCUT2D eigenvalue weighted by Gasteiger charge is -2.38. The molecule has 2 heterocycles. The van der Waals surface area contributed by atoms with E-state index in [1.54, 1.807) is 6.92 Å². The van der Waals surface area contributed by atoms with Gasteiger partial charge in [-0.3, -0.25) is 20.3 Å². The van der Waals surface area contributed by atoms with Crippen LogP contribution in [0.1, 0.15) is 52.4 Å². The van der Waals surface area contributed by atoms with Crippen LogP contribution in [0.3, 0.4) is 0 Å². The number of alkyl halides is 3. The SMILES string of the molecule is CC1CC(C(=O)NC2CCCC([C@H](C)CC3NNCN3C)C2)NC(C(F)(F)F)N1. The molecule has 3 fully saturated rings. The molecule has 0 aromatic carbocycles. The Balaban J connectivity index is 1.51. The minimum absolute atomic E-state index is 0.0346. The summed E-state index contributed by atoms with van der Waals surface area (Å²) in [5.41, 5.74) is 6.43. The van der Waals surface area contributed by atoms with Crippen LogP contribution in [-0.4, -0.2) is 61.2 Å². The van der Waals surface area contributed by atoms with Crippen LogP contribution >= 0.6 is 0 Å². The Kier molecular flexibility index (Phi) is 7.42. The lowest BCUT2D eigenvalue weighted by molar-refractivity contribution is -0.173. The van der Waals surface area contributed by atoms with Gasteiger partial charge in [0.15, 0.2) is 6.17 Å². The summed E-state index contributed by atoms with van der Waals surface area (Å²) in [5.74, 6) is 0.696. The number of halogens is 3. The third kappa shape index (κ3) is 6.04. The van der Waals surface area contributed by atoms with Gasteiger partial charge in [0.25, 0.3) is 0 Å². The minimum atomic E-state index is -4.42. The number of nitrogens with zero attached hydrogens (tertiary/aromatic N) is 1. The van der Waals surface area contributed by atoms with Crippen molar-refractivity contribution in [2.24, 2.45) is 11.8 Å². The van der Waals surface area contributed by atoms with E-state index < -0.39 is 18.4 Å². The summed E-state index contributed by atoms with van der Waals surface area (Å²) in [5, 5.41) is 7.94. The maximum atomic E-state index is 13.1. The Hall–Kier alpha value is -0.940. The molecule has 7 nitrogen and oxygen atoms in total. The van der Waals surface area contributed by atoms with Gasteiger partial charge in [-0.2, -0.15) is 13.2 Å². The fourth-order valence-corrected chi connectivity index (χ4v) is 4.86. The van der Waals surface area contributed by atoms with Gasteiger partial charge in [0.2, 0.25) is 5.91 Å². The van der Waals surface area contributed by atoms with E-state index in [0.717, 1.165) is 38.8 Å². The molecule has 29 heavy (non-hydrogen) atoms. The molecule has 0 aromatic rings. The maximum Gasteiger partial charge on any atom is 0.417 e. The first-order chi connectivity index (χ1) is 13.6. The summed E-state index contributed by atoms with van der Waals surface area (Å²) in [6.07, 6.45) is -0.641. The van der Waals surface area contributed by atoms with E-state index in [0.29, 0.717) is 24.4 Å². The van der Waals surface area contributed by atoms with Crippen molar-refractivity contribution >= 4 is 5.91 Å². The summed E-state index contributed by atoms with van der Waals surface area (Å²) in [4.78, 5) is 14.9. The number of amides is 1. The van der Waals surface area contributed by atoms with E-state index in [2.05, 4.69) is 45.7 Å². The molecule has 6 unspecified atom stereocenters. The van der Waals surface area contributed by atoms with E-state index in [-0.39, 0.29) is 18.0 Å². The highest BCUT2D eigenvalue weighted by Gasteiger charge is 2.45. The fourth-order valence-electron chi connectivity index (χ4n) is 4.86. The van der Waals surface area contributed by atoms with E-state index in [1.165, 1.54) is 0 Å². The second-order valence-corrected chi connectivity index (χ2v) is 9.09. The lowest BCUT2D eigenvalue weighted by atomic mass is 9.77. The summed E-state index contributed by atoms with van der Waals surface area (Å²) in [6, 6.07) is -1.16. The smallest absolute Gasteiger partial charge is 0.352 e. The van der Waals surface area contributed by atoms with Crippen LogP contribution in [0.5, 0.6) is 0 Å². The Morgan fingerprint density at radius 1 is 1.24 bits per heavy atom. The molecule has 0 spiro atoms. The molecule has 168 valence electrons. The van der Waals surface area contributed by atoms with Crippen molar-refractivity contribution in [3.05, 3.63) is 0 Å². The molecule has 0 aromatic heterocycles. The van der Waals surface area contributed by atoms with Gasteiger partial charge >= 0.3 is 6.18 Å². The Morgan fingerprint density at radius 2 is 2.00 bits per heavy atom. The Morgan fingerprint density at radius 3 is 2.66 bits per heavy atom. The van der Waals surface area contributed by atoms with Crippen molar-refractivity contribution in [3.63, 3.8) is 0 Å². The summed E-state index contributed by atoms with van der Waals surface area (Å²) >= 11 is 0. The molecule has 0 bridgehead atoms. The van der Waals surface area contributed by atoms with Gasteiger partial charge in [0.05, 0.1) is 18.9 Å². The number of hydrogen-bond donors (Lipinski definition) is 5. The second kappa shape index (κ2) is 9.47. The molecule has 3 aliphatic rings. The first-order valence-electron chi connectivity index (χ1n) is 10.7. The molecule has 7 atom stereocenters. The number of rotatable bonds is 5. The van der Waals surface area contributed by atoms with Crippen LogP contribution in [-0.2, 0) is 4.79 Å². The Labute approximate surface area is 170 Å². The van der Waals surface area contributed by atoms with Crippen LogP contribution in [0.25, 0.3) is 0 Å². The van der Waals surface area contributed by atoms with E-state index >= 15 is 0 Å². The van der Waals surface area contributed by atoms with Crippen molar-refractivity contribution in [1.29, 1.82) is 0 Å². The zero-order valence-electron chi connectivity index (χ0n) is 17.5. The quantitative estimate of drug-likeness (QED) is 0.461. The van der Waals surface area contributed by atoms with Gasteiger partial charge in [0, 0.05) is 12.1 Å². The molecule has 10 heteroatoms. The normalized spacial score (nSPS) is 38.0. The highest BCUT2D eigenvalue weighted by atomic mass is 19.4. The highest BCUT2D eigenvalue weighted by Crippen LogP contribution is 2.33. The maximum absolute atomic E-state index is 13.1. The molecular weight excluding hydrogens is 385 g/mol. The zero-order chi connectivity index (χ0) is 21.2. The van der Waals surface area contributed by atoms with E-state index in [9.17, 15) is 18.0 Å². The molecule has 1 aliphatic carbocycles. The van der Waals surface area contributed by atoms with Crippen molar-refractivity contribution in [3.8, 4) is 0 Å². The summed E-state index contributed by atoms with van der Waals surface area (Å²) < 4.78 is 39.2. The van der Waals surface area contributed by atoms with Gasteiger partial charge in [-0.05, 0) is 51.5 Å². The van der Waals surface area contributed by atoms with Crippen LogP contribution in [0, 0.1) is 11.8 Å². The average Bonchev–Trinajstić information content (AvgIpc) is 3.05. The molecule has 2 saturated heterocycles. The topological polar surface area (TPSA) is 80.5 Å². The van der Waals surface area contributed by atoms with Gasteiger partial charge in [-0.1, -0.05) is 19.8 Å². The number of hydrazine groups is 1. The lowest BCUT2D eigenvalue weighted by Crippen LogP contribution is -2.66. The number of hydrogen-bond acceptors (Lipinski definition) is 6. The first kappa shape index (κ1) is 22.7. The predicted octanol–water partition coefficient (Wildman–Crippen LogP) is 1.24. The van der Waals surface area contributed by atoms with Crippen LogP contribution in [0.2, 0.25) is 0 Å². The summed E-state index contributed by atoms with van der Waals surface area (Å²) in [7, 11) is 2.08.